The summed E-state index contributed by atoms with van der Waals surface area (Å²) in [4.78, 5) is 25.8. The van der Waals surface area contributed by atoms with Gasteiger partial charge in [-0.3, -0.25) is 4.79 Å². The molecular formula is C20H22N2O4. The third-order valence-corrected chi connectivity index (χ3v) is 4.53. The number of amides is 1. The minimum absolute atomic E-state index is 0.0645. The molecule has 0 spiro atoms. The molecular weight excluding hydrogens is 332 g/mol. The third-order valence-electron chi connectivity index (χ3n) is 4.53. The van der Waals surface area contributed by atoms with Crippen molar-refractivity contribution in [2.75, 3.05) is 18.0 Å². The van der Waals surface area contributed by atoms with Gasteiger partial charge in [-0.05, 0) is 30.0 Å². The number of hydrogen-bond donors (Lipinski definition) is 3. The van der Waals surface area contributed by atoms with Crippen molar-refractivity contribution in [3.05, 3.63) is 59.7 Å². The molecule has 0 fully saturated rings. The number of anilines is 1. The number of carboxylic acid groups (broad SMARTS) is 1. The van der Waals surface area contributed by atoms with Crippen molar-refractivity contribution >= 4 is 17.6 Å². The molecule has 136 valence electrons. The van der Waals surface area contributed by atoms with E-state index < -0.39 is 12.0 Å². The van der Waals surface area contributed by atoms with Crippen molar-refractivity contribution in [1.82, 2.24) is 5.32 Å². The van der Waals surface area contributed by atoms with Crippen molar-refractivity contribution in [2.45, 2.75) is 25.3 Å². The monoisotopic (exact) mass is 354 g/mol. The predicted molar refractivity (Wildman–Crippen MR) is 98.4 cm³/mol. The van der Waals surface area contributed by atoms with Gasteiger partial charge < -0.3 is 20.4 Å². The molecule has 3 N–H and O–H groups in total. The zero-order valence-electron chi connectivity index (χ0n) is 14.4. The Morgan fingerprint density at radius 3 is 2.65 bits per heavy atom. The summed E-state index contributed by atoms with van der Waals surface area (Å²) in [5.41, 5.74) is 2.77. The molecule has 0 unspecified atom stereocenters. The van der Waals surface area contributed by atoms with Gasteiger partial charge in [-0.25, -0.2) is 4.79 Å². The molecule has 2 aromatic rings. The first-order chi connectivity index (χ1) is 12.5. The summed E-state index contributed by atoms with van der Waals surface area (Å²) in [7, 11) is 0. The van der Waals surface area contributed by atoms with Crippen LogP contribution in [0.2, 0.25) is 0 Å². The Kier molecular flexibility index (Phi) is 5.41. The Morgan fingerprint density at radius 2 is 1.92 bits per heavy atom. The number of carbonyl (C=O) groups excluding carboxylic acids is 1. The van der Waals surface area contributed by atoms with Gasteiger partial charge in [0.1, 0.15) is 11.8 Å². The van der Waals surface area contributed by atoms with Crippen molar-refractivity contribution in [3.8, 4) is 5.75 Å². The van der Waals surface area contributed by atoms with E-state index in [4.69, 9.17) is 0 Å². The van der Waals surface area contributed by atoms with E-state index in [9.17, 15) is 19.8 Å². The zero-order chi connectivity index (χ0) is 18.5. The zero-order valence-corrected chi connectivity index (χ0v) is 14.4. The molecule has 1 amide bonds. The average Bonchev–Trinajstić information content (AvgIpc) is 2.62. The molecule has 6 nitrogen and oxygen atoms in total. The van der Waals surface area contributed by atoms with Crippen LogP contribution >= 0.6 is 0 Å². The molecule has 1 heterocycles. The van der Waals surface area contributed by atoms with E-state index in [0.717, 1.165) is 29.7 Å². The predicted octanol–water partition coefficient (Wildman–Crippen LogP) is 1.96. The van der Waals surface area contributed by atoms with Crippen LogP contribution in [-0.2, 0) is 22.4 Å². The highest BCUT2D eigenvalue weighted by Gasteiger charge is 2.24. The lowest BCUT2D eigenvalue weighted by Gasteiger charge is -2.31. The minimum Gasteiger partial charge on any atom is -0.508 e. The summed E-state index contributed by atoms with van der Waals surface area (Å²) in [6.07, 6.45) is 2.05. The van der Waals surface area contributed by atoms with E-state index in [-0.39, 0.29) is 24.6 Å². The van der Waals surface area contributed by atoms with Gasteiger partial charge in [0.2, 0.25) is 5.91 Å². The van der Waals surface area contributed by atoms with Crippen molar-refractivity contribution in [3.63, 3.8) is 0 Å². The highest BCUT2D eigenvalue weighted by atomic mass is 16.4. The second-order valence-electron chi connectivity index (χ2n) is 6.49. The Balaban J connectivity index is 1.66. The number of aliphatic carboxylic acids is 1. The fraction of sp³-hybridized carbons (Fsp3) is 0.300. The van der Waals surface area contributed by atoms with E-state index in [0.29, 0.717) is 6.54 Å². The quantitative estimate of drug-likeness (QED) is 0.738. The normalized spacial score (nSPS) is 14.4. The number of aromatic hydroxyl groups is 1. The Morgan fingerprint density at radius 1 is 1.15 bits per heavy atom. The molecule has 0 bridgehead atoms. The lowest BCUT2D eigenvalue weighted by Crippen LogP contribution is -2.47. The summed E-state index contributed by atoms with van der Waals surface area (Å²) in [6, 6.07) is 13.4. The molecule has 0 aromatic heterocycles. The Bertz CT molecular complexity index is 792. The van der Waals surface area contributed by atoms with Gasteiger partial charge in [-0.2, -0.15) is 0 Å². The van der Waals surface area contributed by atoms with Crippen LogP contribution in [0.4, 0.5) is 5.69 Å². The number of carbonyl (C=O) groups is 2. The SMILES string of the molecule is O=C(CN1CCCc2ccc(O)cc21)N[C@@H](Cc1ccccc1)C(=O)O. The summed E-state index contributed by atoms with van der Waals surface area (Å²) >= 11 is 0. The summed E-state index contributed by atoms with van der Waals surface area (Å²) < 4.78 is 0. The molecule has 26 heavy (non-hydrogen) atoms. The van der Waals surface area contributed by atoms with Gasteiger partial charge >= 0.3 is 5.97 Å². The average molecular weight is 354 g/mol. The Hall–Kier alpha value is -3.02. The second kappa shape index (κ2) is 7.91. The first-order valence-corrected chi connectivity index (χ1v) is 8.66. The maximum atomic E-state index is 12.4. The van der Waals surface area contributed by atoms with Crippen LogP contribution < -0.4 is 10.2 Å². The number of rotatable bonds is 6. The maximum Gasteiger partial charge on any atom is 0.326 e. The van der Waals surface area contributed by atoms with E-state index >= 15 is 0 Å². The van der Waals surface area contributed by atoms with Crippen LogP contribution in [0.5, 0.6) is 5.75 Å². The number of phenols is 1. The van der Waals surface area contributed by atoms with Gasteiger partial charge in [-0.1, -0.05) is 36.4 Å². The third kappa shape index (κ3) is 4.33. The number of benzene rings is 2. The molecule has 1 atom stereocenters. The molecule has 0 saturated heterocycles. The topological polar surface area (TPSA) is 89.9 Å². The van der Waals surface area contributed by atoms with E-state index in [1.165, 1.54) is 0 Å². The highest BCUT2D eigenvalue weighted by molar-refractivity contribution is 5.87. The van der Waals surface area contributed by atoms with Crippen molar-refractivity contribution in [1.29, 1.82) is 0 Å². The molecule has 0 radical (unpaired) electrons. The maximum absolute atomic E-state index is 12.4. The van der Waals surface area contributed by atoms with Gasteiger partial charge in [0, 0.05) is 24.7 Å². The number of aryl methyl sites for hydroxylation is 1. The fourth-order valence-corrected chi connectivity index (χ4v) is 3.27. The molecule has 1 aliphatic heterocycles. The molecule has 6 heteroatoms. The lowest BCUT2D eigenvalue weighted by molar-refractivity contribution is -0.141. The molecule has 1 aliphatic rings. The van der Waals surface area contributed by atoms with E-state index in [1.54, 1.807) is 12.1 Å². The fourth-order valence-electron chi connectivity index (χ4n) is 3.27. The molecule has 3 rings (SSSR count). The minimum atomic E-state index is -1.06. The largest absolute Gasteiger partial charge is 0.508 e. The standard InChI is InChI=1S/C20H22N2O4/c23-16-9-8-15-7-4-10-22(18(15)12-16)13-19(24)21-17(20(25)26)11-14-5-2-1-3-6-14/h1-3,5-6,8-9,12,17,23H,4,7,10-11,13H2,(H,21,24)(H,25,26)/t17-/m0/s1. The number of hydrogen-bond acceptors (Lipinski definition) is 4. The number of carboxylic acids is 1. The van der Waals surface area contributed by atoms with Crippen LogP contribution in [0.3, 0.4) is 0 Å². The van der Waals surface area contributed by atoms with E-state index in [1.807, 2.05) is 41.3 Å². The second-order valence-corrected chi connectivity index (χ2v) is 6.49. The number of phenolic OH excluding ortho intramolecular Hbond substituents is 1. The van der Waals surface area contributed by atoms with Gasteiger partial charge in [0.15, 0.2) is 0 Å². The first-order valence-electron chi connectivity index (χ1n) is 8.66. The van der Waals surface area contributed by atoms with Gasteiger partial charge in [0.25, 0.3) is 0 Å². The van der Waals surface area contributed by atoms with Gasteiger partial charge in [-0.15, -0.1) is 0 Å². The lowest BCUT2D eigenvalue weighted by atomic mass is 10.0. The van der Waals surface area contributed by atoms with E-state index in [2.05, 4.69) is 5.32 Å². The summed E-state index contributed by atoms with van der Waals surface area (Å²) in [5, 5.41) is 21.8. The summed E-state index contributed by atoms with van der Waals surface area (Å²) in [5.74, 6) is -1.24. The van der Waals surface area contributed by atoms with Crippen LogP contribution in [0.1, 0.15) is 17.5 Å². The highest BCUT2D eigenvalue weighted by Crippen LogP contribution is 2.30. The van der Waals surface area contributed by atoms with Gasteiger partial charge in [0.05, 0.1) is 6.54 Å². The van der Waals surface area contributed by atoms with Crippen molar-refractivity contribution in [2.24, 2.45) is 0 Å². The molecule has 0 saturated carbocycles. The Labute approximate surface area is 152 Å². The first kappa shape index (κ1) is 17.8. The summed E-state index contributed by atoms with van der Waals surface area (Å²) in [6.45, 7) is 0.759. The van der Waals surface area contributed by atoms with Crippen LogP contribution in [0.25, 0.3) is 0 Å². The molecule has 2 aromatic carbocycles. The van der Waals surface area contributed by atoms with Crippen molar-refractivity contribution < 1.29 is 19.8 Å². The van der Waals surface area contributed by atoms with Crippen LogP contribution in [0, 0.1) is 0 Å². The number of nitrogens with one attached hydrogen (secondary N) is 1. The van der Waals surface area contributed by atoms with Crippen LogP contribution in [0.15, 0.2) is 48.5 Å². The number of fused-ring (bicyclic) bond motifs is 1. The number of nitrogens with zero attached hydrogens (tertiary/aromatic N) is 1. The molecule has 0 aliphatic carbocycles. The smallest absolute Gasteiger partial charge is 0.326 e. The van der Waals surface area contributed by atoms with Crippen LogP contribution in [-0.4, -0.2) is 41.2 Å².